The molecule has 2 aromatic rings. The van der Waals surface area contributed by atoms with Crippen molar-refractivity contribution in [3.8, 4) is 0 Å². The Morgan fingerprint density at radius 2 is 1.27 bits per heavy atom. The van der Waals surface area contributed by atoms with Gasteiger partial charge in [-0.15, -0.1) is 0 Å². The van der Waals surface area contributed by atoms with E-state index in [0.717, 1.165) is 0 Å². The summed E-state index contributed by atoms with van der Waals surface area (Å²) < 4.78 is 157. The maximum Gasteiger partial charge on any atom is 0.471 e. The summed E-state index contributed by atoms with van der Waals surface area (Å²) in [6, 6.07) is 12.1. The monoisotopic (exact) mass is 987 g/mol. The number of amides is 1. The Bertz CT molecular complexity index is 2230. The van der Waals surface area contributed by atoms with E-state index < -0.39 is 156 Å². The van der Waals surface area contributed by atoms with Gasteiger partial charge in [-0.1, -0.05) is 48.5 Å². The SMILES string of the molecule is CC(=O)CCC(=O)OC[C@H]1O[C@@H](O[C@@H]2[C@@H](NC(=O)C(F)(F)F)[C@H](O)O[C@H](COS(=O)(=O)O)[C@@H]2OS(=O)(=O)O)[C@H](OC(=O)c2ccccc2)[C@@H](OCc2ccccc2)[C@@H]1OC(=O)CCC(C)=O. The number of rotatable bonds is 22. The fourth-order valence-electron chi connectivity index (χ4n) is 6.29. The van der Waals surface area contributed by atoms with Crippen LogP contribution in [0.25, 0.3) is 0 Å². The van der Waals surface area contributed by atoms with Gasteiger partial charge in [0, 0.05) is 12.8 Å². The highest BCUT2D eigenvalue weighted by Crippen LogP contribution is 2.36. The van der Waals surface area contributed by atoms with Crippen LogP contribution in [0.4, 0.5) is 13.2 Å². The lowest BCUT2D eigenvalue weighted by Gasteiger charge is -2.49. The molecule has 2 heterocycles. The Labute approximate surface area is 373 Å². The highest BCUT2D eigenvalue weighted by molar-refractivity contribution is 7.81. The van der Waals surface area contributed by atoms with Crippen molar-refractivity contribution in [2.75, 3.05) is 13.2 Å². The van der Waals surface area contributed by atoms with Gasteiger partial charge in [-0.25, -0.2) is 13.2 Å². The molecule has 2 aromatic carbocycles. The predicted molar refractivity (Wildman–Crippen MR) is 208 cm³/mol. The number of carbonyl (C=O) groups is 6. The number of ether oxygens (including phenoxy) is 7. The number of Topliss-reactive ketones (excluding diaryl/α,β-unsaturated/α-hetero) is 2. The molecular formula is C38H44F3NO22S2. The lowest BCUT2D eigenvalue weighted by Crippen LogP contribution is -2.69. The van der Waals surface area contributed by atoms with Crippen LogP contribution >= 0.6 is 0 Å². The van der Waals surface area contributed by atoms with Crippen LogP contribution in [0.5, 0.6) is 0 Å². The number of halogens is 3. The maximum absolute atomic E-state index is 13.8. The summed E-state index contributed by atoms with van der Waals surface area (Å²) in [6.45, 7) is -0.575. The molecule has 0 bridgehead atoms. The first-order valence-electron chi connectivity index (χ1n) is 19.4. The van der Waals surface area contributed by atoms with Gasteiger partial charge in [0.15, 0.2) is 24.8 Å². The van der Waals surface area contributed by atoms with Gasteiger partial charge >= 0.3 is 50.8 Å². The van der Waals surface area contributed by atoms with Crippen molar-refractivity contribution < 1.29 is 115 Å². The Balaban J connectivity index is 1.95. The second-order valence-corrected chi connectivity index (χ2v) is 16.6. The van der Waals surface area contributed by atoms with Crippen molar-refractivity contribution in [2.45, 2.75) is 114 Å². The van der Waals surface area contributed by atoms with E-state index in [1.54, 1.807) is 30.3 Å². The number of aliphatic hydroxyl groups excluding tert-OH is 1. The van der Waals surface area contributed by atoms with Crippen molar-refractivity contribution in [3.05, 3.63) is 71.8 Å². The van der Waals surface area contributed by atoms with Gasteiger partial charge in [0.25, 0.3) is 0 Å². The third-order valence-electron chi connectivity index (χ3n) is 9.29. The first-order chi connectivity index (χ1) is 30.8. The molecule has 1 amide bonds. The molecule has 28 heteroatoms. The molecular weight excluding hydrogens is 944 g/mol. The molecule has 0 aromatic heterocycles. The zero-order valence-corrected chi connectivity index (χ0v) is 36.2. The molecule has 2 aliphatic heterocycles. The van der Waals surface area contributed by atoms with Gasteiger partial charge in [-0.3, -0.25) is 23.5 Å². The van der Waals surface area contributed by atoms with E-state index in [1.807, 2.05) is 0 Å². The Kier molecular flexibility index (Phi) is 19.2. The number of hydrogen-bond acceptors (Lipinski definition) is 20. The Hall–Kier alpha value is -5.01. The molecule has 0 aliphatic carbocycles. The third kappa shape index (κ3) is 17.0. The number of ketones is 2. The molecule has 0 unspecified atom stereocenters. The van der Waals surface area contributed by atoms with Crippen LogP contribution < -0.4 is 5.32 Å². The number of esters is 3. The summed E-state index contributed by atoms with van der Waals surface area (Å²) in [5.74, 6) is -7.04. The third-order valence-corrected chi connectivity index (χ3v) is 10.2. The zero-order valence-electron chi connectivity index (χ0n) is 34.5. The van der Waals surface area contributed by atoms with Gasteiger partial charge in [0.1, 0.15) is 54.7 Å². The molecule has 4 rings (SSSR count). The minimum atomic E-state index is -5.83. The minimum absolute atomic E-state index is 0.179. The van der Waals surface area contributed by atoms with Crippen molar-refractivity contribution in [3.63, 3.8) is 0 Å². The number of nitrogens with one attached hydrogen (secondary N) is 1. The molecule has 366 valence electrons. The van der Waals surface area contributed by atoms with Gasteiger partial charge in [-0.05, 0) is 31.5 Å². The van der Waals surface area contributed by atoms with Crippen molar-refractivity contribution in [1.29, 1.82) is 0 Å². The Morgan fingerprint density at radius 3 is 1.83 bits per heavy atom. The number of aliphatic hydroxyl groups is 1. The zero-order chi connectivity index (χ0) is 49.0. The predicted octanol–water partition coefficient (Wildman–Crippen LogP) is 0.873. The van der Waals surface area contributed by atoms with Gasteiger partial charge < -0.3 is 53.2 Å². The van der Waals surface area contributed by atoms with Crippen LogP contribution in [-0.2, 0) is 92.9 Å². The fourth-order valence-corrected chi connectivity index (χ4v) is 7.11. The van der Waals surface area contributed by atoms with E-state index in [9.17, 15) is 73.0 Å². The van der Waals surface area contributed by atoms with E-state index in [4.69, 9.17) is 33.2 Å². The summed E-state index contributed by atoms with van der Waals surface area (Å²) in [5, 5.41) is 12.3. The van der Waals surface area contributed by atoms with Crippen LogP contribution in [-0.4, -0.2) is 147 Å². The molecule has 2 saturated heterocycles. The summed E-state index contributed by atoms with van der Waals surface area (Å²) in [6.07, 6.45) is -28.2. The number of alkyl halides is 3. The van der Waals surface area contributed by atoms with Crippen LogP contribution in [0, 0.1) is 0 Å². The van der Waals surface area contributed by atoms with Crippen LogP contribution in [0.2, 0.25) is 0 Å². The molecule has 2 fully saturated rings. The molecule has 10 atom stereocenters. The highest BCUT2D eigenvalue weighted by Gasteiger charge is 2.57. The van der Waals surface area contributed by atoms with Crippen molar-refractivity contribution >= 4 is 56.2 Å². The fraction of sp³-hybridized carbons (Fsp3) is 0.526. The van der Waals surface area contributed by atoms with E-state index in [2.05, 4.69) is 8.37 Å². The first kappa shape index (κ1) is 53.6. The van der Waals surface area contributed by atoms with E-state index in [-0.39, 0.29) is 18.4 Å². The lowest BCUT2D eigenvalue weighted by atomic mass is 9.95. The number of benzene rings is 2. The maximum atomic E-state index is 13.8. The summed E-state index contributed by atoms with van der Waals surface area (Å²) in [4.78, 5) is 75.8. The average molecular weight is 988 g/mol. The Morgan fingerprint density at radius 1 is 0.697 bits per heavy atom. The van der Waals surface area contributed by atoms with E-state index in [1.165, 1.54) is 49.5 Å². The minimum Gasteiger partial charge on any atom is -0.463 e. The lowest BCUT2D eigenvalue weighted by molar-refractivity contribution is -0.344. The summed E-state index contributed by atoms with van der Waals surface area (Å²) in [7, 11) is -11.3. The normalized spacial score (nSPS) is 25.8. The van der Waals surface area contributed by atoms with Gasteiger partial charge in [0.2, 0.25) is 0 Å². The second-order valence-electron chi connectivity index (χ2n) is 14.4. The van der Waals surface area contributed by atoms with E-state index in [0.29, 0.717) is 5.56 Å². The van der Waals surface area contributed by atoms with Gasteiger partial charge in [0.05, 0.1) is 31.6 Å². The van der Waals surface area contributed by atoms with Crippen LogP contribution in [0.3, 0.4) is 0 Å². The molecule has 0 saturated carbocycles. The highest BCUT2D eigenvalue weighted by atomic mass is 32.3. The van der Waals surface area contributed by atoms with Gasteiger partial charge in [-0.2, -0.15) is 30.0 Å². The molecule has 0 spiro atoms. The smallest absolute Gasteiger partial charge is 0.463 e. The van der Waals surface area contributed by atoms with Crippen LogP contribution in [0.15, 0.2) is 60.7 Å². The number of carbonyl (C=O) groups excluding carboxylic acids is 6. The van der Waals surface area contributed by atoms with Crippen molar-refractivity contribution in [1.82, 2.24) is 5.32 Å². The molecule has 4 N–H and O–H groups in total. The van der Waals surface area contributed by atoms with Crippen molar-refractivity contribution in [2.24, 2.45) is 0 Å². The molecule has 66 heavy (non-hydrogen) atoms. The standard InChI is InChI=1S/C38H44F3NO22S2/c1-20(43)13-15-26(45)56-18-24-29(61-27(46)16-14-21(2)44)32(57-17-22-9-5-3-6-10-22)33(62-34(47)23-11-7-4-8-12-23)36(60-24)63-31-28(42-37(49)38(39,40)41)35(48)59-25(19-58-65(50,51)52)30(31)64-66(53,54)55/h3-12,24-25,28-33,35-36,48H,13-19H2,1-2H3,(H,42,49)(H,50,51,52)(H,53,54,55)/t24-,25-,28-,29-,30+,31-,32+,33-,35-,36+/m1/s1. The molecule has 2 aliphatic rings. The van der Waals surface area contributed by atoms with Crippen LogP contribution in [0.1, 0.15) is 55.5 Å². The molecule has 0 radical (unpaired) electrons. The summed E-state index contributed by atoms with van der Waals surface area (Å²) >= 11 is 0. The average Bonchev–Trinajstić information content (AvgIpc) is 3.23. The van der Waals surface area contributed by atoms with E-state index >= 15 is 0 Å². The largest absolute Gasteiger partial charge is 0.471 e. The summed E-state index contributed by atoms with van der Waals surface area (Å²) in [5.41, 5.74) is 0.232. The molecule has 23 nitrogen and oxygen atoms in total. The number of hydrogen-bond donors (Lipinski definition) is 4. The quantitative estimate of drug-likeness (QED) is 0.0722. The first-order valence-corrected chi connectivity index (χ1v) is 22.1. The second kappa shape index (κ2) is 23.6. The topological polar surface area (TPSA) is 326 Å².